The summed E-state index contributed by atoms with van der Waals surface area (Å²) in [5, 5.41) is 5.81. The van der Waals surface area contributed by atoms with E-state index >= 15 is 0 Å². The highest BCUT2D eigenvalue weighted by Gasteiger charge is 2.08. The summed E-state index contributed by atoms with van der Waals surface area (Å²) >= 11 is 0. The van der Waals surface area contributed by atoms with Crippen molar-refractivity contribution in [2.24, 2.45) is 4.99 Å². The highest BCUT2D eigenvalue weighted by atomic mass is 14.9. The Morgan fingerprint density at radius 1 is 1.31 bits per heavy atom. The summed E-state index contributed by atoms with van der Waals surface area (Å²) in [6.07, 6.45) is 6.19. The Morgan fingerprint density at radius 3 is 3.31 bits per heavy atom. The van der Waals surface area contributed by atoms with E-state index in [0.717, 1.165) is 18.4 Å². The zero-order valence-corrected chi connectivity index (χ0v) is 7.25. The van der Waals surface area contributed by atoms with Crippen LogP contribution in [0.4, 0.5) is 0 Å². The standard InChI is InChI=1S/C11H10N2/c1-2-11-9(4-6-13-11)10-7-12-5-3-8(1)10/h1-4,6,12H,5,7H2. The number of hydrogen-bond donors (Lipinski definition) is 1. The van der Waals surface area contributed by atoms with E-state index in [2.05, 4.69) is 34.6 Å². The first-order valence-corrected chi connectivity index (χ1v) is 4.52. The van der Waals surface area contributed by atoms with Gasteiger partial charge in [0.15, 0.2) is 0 Å². The average molecular weight is 170 g/mol. The molecule has 2 aliphatic heterocycles. The van der Waals surface area contributed by atoms with Gasteiger partial charge in [0.2, 0.25) is 0 Å². The van der Waals surface area contributed by atoms with Crippen molar-refractivity contribution in [1.29, 1.82) is 0 Å². The summed E-state index contributed by atoms with van der Waals surface area (Å²) < 4.78 is 0. The number of hydrogen-bond acceptors (Lipinski definition) is 2. The summed E-state index contributed by atoms with van der Waals surface area (Å²) in [7, 11) is 0. The van der Waals surface area contributed by atoms with Crippen molar-refractivity contribution in [2.45, 2.75) is 6.54 Å². The lowest BCUT2D eigenvalue weighted by molar-refractivity contribution is 0.751. The third-order valence-corrected chi connectivity index (χ3v) is 2.59. The topological polar surface area (TPSA) is 24.4 Å². The van der Waals surface area contributed by atoms with Gasteiger partial charge in [0.25, 0.3) is 0 Å². The molecule has 0 bridgehead atoms. The Morgan fingerprint density at radius 2 is 2.31 bits per heavy atom. The highest BCUT2D eigenvalue weighted by Crippen LogP contribution is 2.07. The molecule has 2 aliphatic rings. The lowest BCUT2D eigenvalue weighted by atomic mass is 10.0. The first kappa shape index (κ1) is 7.04. The molecule has 13 heavy (non-hydrogen) atoms. The summed E-state index contributed by atoms with van der Waals surface area (Å²) in [5.41, 5.74) is 2.68. The van der Waals surface area contributed by atoms with Crippen molar-refractivity contribution in [3.63, 3.8) is 0 Å². The van der Waals surface area contributed by atoms with E-state index in [-0.39, 0.29) is 0 Å². The Balaban J connectivity index is 2.43. The second kappa shape index (κ2) is 2.54. The van der Waals surface area contributed by atoms with Crippen LogP contribution in [-0.4, -0.2) is 6.54 Å². The van der Waals surface area contributed by atoms with Crippen molar-refractivity contribution in [1.82, 2.24) is 5.32 Å². The van der Waals surface area contributed by atoms with E-state index in [1.807, 2.05) is 6.20 Å². The largest absolute Gasteiger partial charge is 0.309 e. The molecule has 0 aliphatic carbocycles. The maximum atomic E-state index is 4.29. The minimum absolute atomic E-state index is 0.967. The van der Waals surface area contributed by atoms with Crippen molar-refractivity contribution >= 4 is 12.2 Å². The molecule has 0 atom stereocenters. The average Bonchev–Trinajstić information content (AvgIpc) is 2.65. The fraction of sp³-hybridized carbons (Fsp3) is 0.182. The van der Waals surface area contributed by atoms with Crippen LogP contribution in [-0.2, 0) is 6.54 Å². The molecule has 2 nitrogen and oxygen atoms in total. The van der Waals surface area contributed by atoms with Crippen LogP contribution in [0, 0.1) is 0 Å². The minimum Gasteiger partial charge on any atom is -0.309 e. The monoisotopic (exact) mass is 170 g/mol. The minimum atomic E-state index is 0.967. The highest BCUT2D eigenvalue weighted by molar-refractivity contribution is 5.58. The van der Waals surface area contributed by atoms with E-state index in [4.69, 9.17) is 0 Å². The van der Waals surface area contributed by atoms with Gasteiger partial charge in [0, 0.05) is 24.9 Å². The van der Waals surface area contributed by atoms with Crippen LogP contribution in [0.15, 0.2) is 23.3 Å². The zero-order valence-electron chi connectivity index (χ0n) is 7.25. The molecule has 2 heterocycles. The number of benzene rings is 1. The van der Waals surface area contributed by atoms with Crippen LogP contribution in [0.1, 0.15) is 11.1 Å². The van der Waals surface area contributed by atoms with Crippen molar-refractivity contribution in [3.8, 4) is 0 Å². The van der Waals surface area contributed by atoms with Gasteiger partial charge in [-0.15, -0.1) is 0 Å². The van der Waals surface area contributed by atoms with Gasteiger partial charge in [-0.3, -0.25) is 4.99 Å². The summed E-state index contributed by atoms with van der Waals surface area (Å²) in [4.78, 5) is 4.29. The van der Waals surface area contributed by atoms with E-state index in [1.165, 1.54) is 16.3 Å². The number of nitrogens with zero attached hydrogens (tertiary/aromatic N) is 1. The molecule has 0 spiro atoms. The Bertz CT molecular complexity index is 498. The molecule has 1 aromatic rings. The maximum Gasteiger partial charge on any atom is 0.0706 e. The molecule has 0 unspecified atom stereocenters. The normalized spacial score (nSPS) is 17.2. The predicted molar refractivity (Wildman–Crippen MR) is 52.4 cm³/mol. The van der Waals surface area contributed by atoms with Gasteiger partial charge in [-0.05, 0) is 22.9 Å². The van der Waals surface area contributed by atoms with Crippen LogP contribution in [0.5, 0.6) is 0 Å². The Hall–Kier alpha value is -1.41. The van der Waals surface area contributed by atoms with E-state index in [0.29, 0.717) is 0 Å². The Kier molecular flexibility index (Phi) is 1.37. The number of fused-ring (bicyclic) bond motifs is 3. The van der Waals surface area contributed by atoms with Crippen LogP contribution in [0.25, 0.3) is 12.2 Å². The van der Waals surface area contributed by atoms with Gasteiger partial charge >= 0.3 is 0 Å². The Labute approximate surface area is 76.3 Å². The van der Waals surface area contributed by atoms with Crippen molar-refractivity contribution in [2.75, 3.05) is 6.54 Å². The molecular weight excluding hydrogens is 160 g/mol. The second-order valence-electron chi connectivity index (χ2n) is 3.35. The zero-order chi connectivity index (χ0) is 8.67. The first-order valence-electron chi connectivity index (χ1n) is 4.52. The molecule has 1 aromatic carbocycles. The van der Waals surface area contributed by atoms with E-state index in [9.17, 15) is 0 Å². The molecule has 64 valence electrons. The second-order valence-corrected chi connectivity index (χ2v) is 3.35. The molecule has 0 saturated carbocycles. The van der Waals surface area contributed by atoms with E-state index in [1.54, 1.807) is 0 Å². The summed E-state index contributed by atoms with van der Waals surface area (Å²) in [6, 6.07) is 4.25. The fourth-order valence-corrected chi connectivity index (χ4v) is 1.93. The molecule has 0 radical (unpaired) electrons. The third-order valence-electron chi connectivity index (χ3n) is 2.59. The van der Waals surface area contributed by atoms with E-state index < -0.39 is 0 Å². The predicted octanol–water partition coefficient (Wildman–Crippen LogP) is 0.174. The van der Waals surface area contributed by atoms with Gasteiger partial charge in [0.1, 0.15) is 0 Å². The van der Waals surface area contributed by atoms with Gasteiger partial charge in [0.05, 0.1) is 5.36 Å². The van der Waals surface area contributed by atoms with Gasteiger partial charge in [-0.2, -0.15) is 0 Å². The molecule has 2 heteroatoms. The van der Waals surface area contributed by atoms with Gasteiger partial charge in [-0.1, -0.05) is 12.1 Å². The number of rotatable bonds is 0. The maximum absolute atomic E-state index is 4.29. The van der Waals surface area contributed by atoms with Crippen LogP contribution in [0.3, 0.4) is 0 Å². The van der Waals surface area contributed by atoms with Crippen molar-refractivity contribution < 1.29 is 0 Å². The third kappa shape index (κ3) is 0.956. The smallest absolute Gasteiger partial charge is 0.0706 e. The molecule has 0 aromatic heterocycles. The molecule has 1 N–H and O–H groups in total. The van der Waals surface area contributed by atoms with Gasteiger partial charge < -0.3 is 5.32 Å². The molecule has 0 saturated heterocycles. The quantitative estimate of drug-likeness (QED) is 0.590. The number of nitrogens with one attached hydrogen (secondary N) is 1. The fourth-order valence-electron chi connectivity index (χ4n) is 1.93. The van der Waals surface area contributed by atoms with Gasteiger partial charge in [-0.25, -0.2) is 0 Å². The first-order chi connectivity index (χ1) is 6.45. The molecular formula is C11H10N2. The van der Waals surface area contributed by atoms with Crippen LogP contribution >= 0.6 is 0 Å². The SMILES string of the molecule is C1=Cc2c3c(ccc2=N1)=CCNC3. The molecule has 0 amide bonds. The lowest BCUT2D eigenvalue weighted by Crippen LogP contribution is -2.30. The van der Waals surface area contributed by atoms with Crippen LogP contribution < -0.4 is 15.9 Å². The molecule has 3 rings (SSSR count). The summed E-state index contributed by atoms with van der Waals surface area (Å²) in [6.45, 7) is 1.95. The molecule has 0 fully saturated rings. The van der Waals surface area contributed by atoms with Crippen LogP contribution in [0.2, 0.25) is 0 Å². The lowest BCUT2D eigenvalue weighted by Gasteiger charge is -2.11. The summed E-state index contributed by atoms with van der Waals surface area (Å²) in [5.74, 6) is 0. The van der Waals surface area contributed by atoms with Crippen molar-refractivity contribution in [3.05, 3.63) is 40.0 Å².